The molecule has 5 nitrogen and oxygen atoms in total. The molecule has 0 spiro atoms. The number of aliphatic hydroxyl groups is 1. The van der Waals surface area contributed by atoms with Crippen molar-refractivity contribution in [3.05, 3.63) is 35.9 Å². The molecular weight excluding hydrogens is 246 g/mol. The summed E-state index contributed by atoms with van der Waals surface area (Å²) in [6, 6.07) is 8.17. The fourth-order valence-corrected chi connectivity index (χ4v) is 1.67. The number of hydrogen-bond donors (Lipinski definition) is 2. The highest BCUT2D eigenvalue weighted by molar-refractivity contribution is 6.01. The van der Waals surface area contributed by atoms with E-state index in [1.807, 2.05) is 6.07 Å². The van der Waals surface area contributed by atoms with Gasteiger partial charge in [-0.2, -0.15) is 0 Å². The van der Waals surface area contributed by atoms with E-state index in [0.717, 1.165) is 0 Å². The van der Waals surface area contributed by atoms with Crippen LogP contribution in [0.25, 0.3) is 0 Å². The molecule has 0 aromatic heterocycles. The lowest BCUT2D eigenvalue weighted by Gasteiger charge is -2.16. The summed E-state index contributed by atoms with van der Waals surface area (Å²) in [7, 11) is 1.29. The Hall–Kier alpha value is -1.72. The molecule has 0 amide bonds. The van der Waals surface area contributed by atoms with Gasteiger partial charge >= 0.3 is 5.97 Å². The topological polar surface area (TPSA) is 75.6 Å². The summed E-state index contributed by atoms with van der Waals surface area (Å²) in [6.07, 6.45) is 0.509. The number of carbonyl (C=O) groups excluding carboxylic acids is 2. The second kappa shape index (κ2) is 8.39. The Morgan fingerprint density at radius 3 is 2.58 bits per heavy atom. The van der Waals surface area contributed by atoms with Crippen LogP contribution in [0, 0.1) is 0 Å². The first-order valence-electron chi connectivity index (χ1n) is 6.19. The van der Waals surface area contributed by atoms with Gasteiger partial charge in [0.2, 0.25) is 0 Å². The minimum absolute atomic E-state index is 0.0182. The minimum atomic E-state index is -0.624. The molecule has 0 aliphatic heterocycles. The van der Waals surface area contributed by atoms with Crippen LogP contribution < -0.4 is 5.32 Å². The fourth-order valence-electron chi connectivity index (χ4n) is 1.67. The summed E-state index contributed by atoms with van der Waals surface area (Å²) in [4.78, 5) is 23.6. The molecule has 104 valence electrons. The molecule has 0 radical (unpaired) electrons. The maximum absolute atomic E-state index is 12.3. The Bertz CT molecular complexity index is 405. The van der Waals surface area contributed by atoms with Crippen molar-refractivity contribution in [2.75, 3.05) is 20.3 Å². The molecule has 0 bridgehead atoms. The van der Waals surface area contributed by atoms with Crippen LogP contribution in [0.4, 0.5) is 0 Å². The number of methoxy groups -OCH3 is 1. The molecule has 1 rings (SSSR count). The predicted octanol–water partition coefficient (Wildman–Crippen LogP) is 0.773. The Morgan fingerprint density at radius 2 is 2.00 bits per heavy atom. The summed E-state index contributed by atoms with van der Waals surface area (Å²) in [5.74, 6) is -0.588. The van der Waals surface area contributed by atoms with Crippen LogP contribution in [-0.4, -0.2) is 43.2 Å². The Morgan fingerprint density at radius 1 is 1.32 bits per heavy atom. The van der Waals surface area contributed by atoms with Crippen LogP contribution in [0.2, 0.25) is 0 Å². The lowest BCUT2D eigenvalue weighted by molar-refractivity contribution is -0.140. The summed E-state index contributed by atoms with van der Waals surface area (Å²) in [5.41, 5.74) is 0.549. The third-order valence-electron chi connectivity index (χ3n) is 2.70. The maximum atomic E-state index is 12.3. The van der Waals surface area contributed by atoms with E-state index in [9.17, 15) is 9.59 Å². The number of Topliss-reactive ketones (excluding diaryl/α,β-unsaturated/α-hetero) is 1. The number of esters is 1. The highest BCUT2D eigenvalue weighted by Gasteiger charge is 2.22. The summed E-state index contributed by atoms with van der Waals surface area (Å²) < 4.78 is 4.59. The van der Waals surface area contributed by atoms with Crippen molar-refractivity contribution in [2.45, 2.75) is 18.9 Å². The van der Waals surface area contributed by atoms with Crippen LogP contribution in [-0.2, 0) is 9.53 Å². The van der Waals surface area contributed by atoms with Gasteiger partial charge in [-0.1, -0.05) is 30.3 Å². The van der Waals surface area contributed by atoms with Crippen molar-refractivity contribution >= 4 is 11.8 Å². The molecule has 2 N–H and O–H groups in total. The van der Waals surface area contributed by atoms with Gasteiger partial charge in [0.15, 0.2) is 5.78 Å². The molecule has 1 aromatic rings. The molecule has 1 aromatic carbocycles. The van der Waals surface area contributed by atoms with Gasteiger partial charge in [0, 0.05) is 12.2 Å². The van der Waals surface area contributed by atoms with Gasteiger partial charge in [0.1, 0.15) is 0 Å². The standard InChI is InChI=1S/C14H19NO4/c1-19-13(17)10-12(15-8-5-9-16)14(18)11-6-3-2-4-7-11/h2-4,6-7,12,15-16H,5,8-10H2,1H3. The van der Waals surface area contributed by atoms with Crippen molar-refractivity contribution in [3.8, 4) is 0 Å². The molecular formula is C14H19NO4. The molecule has 1 unspecified atom stereocenters. The van der Waals surface area contributed by atoms with E-state index < -0.39 is 12.0 Å². The smallest absolute Gasteiger partial charge is 0.307 e. The van der Waals surface area contributed by atoms with E-state index in [-0.39, 0.29) is 18.8 Å². The van der Waals surface area contributed by atoms with Gasteiger partial charge in [0.25, 0.3) is 0 Å². The van der Waals surface area contributed by atoms with E-state index in [1.165, 1.54) is 7.11 Å². The van der Waals surface area contributed by atoms with E-state index in [0.29, 0.717) is 18.5 Å². The SMILES string of the molecule is COC(=O)CC(NCCCO)C(=O)c1ccccc1. The molecule has 19 heavy (non-hydrogen) atoms. The van der Waals surface area contributed by atoms with Crippen LogP contribution >= 0.6 is 0 Å². The molecule has 0 aliphatic rings. The van der Waals surface area contributed by atoms with Crippen LogP contribution in [0.3, 0.4) is 0 Å². The molecule has 0 aliphatic carbocycles. The van der Waals surface area contributed by atoms with Crippen molar-refractivity contribution in [1.82, 2.24) is 5.32 Å². The van der Waals surface area contributed by atoms with Crippen molar-refractivity contribution < 1.29 is 19.4 Å². The largest absolute Gasteiger partial charge is 0.469 e. The number of hydrogen-bond acceptors (Lipinski definition) is 5. The van der Waals surface area contributed by atoms with Crippen molar-refractivity contribution in [2.24, 2.45) is 0 Å². The van der Waals surface area contributed by atoms with E-state index in [2.05, 4.69) is 10.1 Å². The van der Waals surface area contributed by atoms with Gasteiger partial charge < -0.3 is 15.2 Å². The molecule has 0 fully saturated rings. The average Bonchev–Trinajstić information content (AvgIpc) is 2.46. The highest BCUT2D eigenvalue weighted by atomic mass is 16.5. The van der Waals surface area contributed by atoms with Gasteiger partial charge in [-0.05, 0) is 13.0 Å². The summed E-state index contributed by atoms with van der Waals surface area (Å²) in [5, 5.41) is 11.7. The zero-order chi connectivity index (χ0) is 14.1. The summed E-state index contributed by atoms with van der Waals surface area (Å²) >= 11 is 0. The van der Waals surface area contributed by atoms with Crippen LogP contribution in [0.15, 0.2) is 30.3 Å². The number of nitrogens with one attached hydrogen (secondary N) is 1. The number of benzene rings is 1. The third-order valence-corrected chi connectivity index (χ3v) is 2.70. The van der Waals surface area contributed by atoms with Gasteiger partial charge in [0.05, 0.1) is 19.6 Å². The zero-order valence-corrected chi connectivity index (χ0v) is 11.0. The maximum Gasteiger partial charge on any atom is 0.307 e. The average molecular weight is 265 g/mol. The first-order valence-corrected chi connectivity index (χ1v) is 6.19. The molecule has 5 heteroatoms. The van der Waals surface area contributed by atoms with Gasteiger partial charge in [-0.25, -0.2) is 0 Å². The molecule has 0 saturated carbocycles. The number of ketones is 1. The van der Waals surface area contributed by atoms with E-state index >= 15 is 0 Å². The Kier molecular flexibility index (Phi) is 6.78. The number of rotatable bonds is 8. The number of ether oxygens (including phenoxy) is 1. The molecule has 1 atom stereocenters. The molecule has 0 saturated heterocycles. The lowest BCUT2D eigenvalue weighted by atomic mass is 10.0. The first-order chi connectivity index (χ1) is 9.19. The number of carbonyl (C=O) groups is 2. The summed E-state index contributed by atoms with van der Waals surface area (Å²) in [6.45, 7) is 0.508. The fraction of sp³-hybridized carbons (Fsp3) is 0.429. The predicted molar refractivity (Wildman–Crippen MR) is 70.9 cm³/mol. The minimum Gasteiger partial charge on any atom is -0.469 e. The lowest BCUT2D eigenvalue weighted by Crippen LogP contribution is -2.39. The van der Waals surface area contributed by atoms with E-state index in [1.54, 1.807) is 24.3 Å². The van der Waals surface area contributed by atoms with Gasteiger partial charge in [-0.3, -0.25) is 9.59 Å². The zero-order valence-electron chi connectivity index (χ0n) is 11.0. The second-order valence-corrected chi connectivity index (χ2v) is 4.09. The van der Waals surface area contributed by atoms with Crippen LogP contribution in [0.5, 0.6) is 0 Å². The highest BCUT2D eigenvalue weighted by Crippen LogP contribution is 2.07. The van der Waals surface area contributed by atoms with E-state index in [4.69, 9.17) is 5.11 Å². The Labute approximate surface area is 112 Å². The third kappa shape index (κ3) is 5.19. The quantitative estimate of drug-likeness (QED) is 0.412. The number of aliphatic hydroxyl groups excluding tert-OH is 1. The monoisotopic (exact) mass is 265 g/mol. The second-order valence-electron chi connectivity index (χ2n) is 4.09. The molecule has 0 heterocycles. The Balaban J connectivity index is 2.71. The van der Waals surface area contributed by atoms with Crippen molar-refractivity contribution in [1.29, 1.82) is 0 Å². The van der Waals surface area contributed by atoms with Gasteiger partial charge in [-0.15, -0.1) is 0 Å². The first kappa shape index (κ1) is 15.3. The normalized spacial score (nSPS) is 11.9. The van der Waals surface area contributed by atoms with Crippen molar-refractivity contribution in [3.63, 3.8) is 0 Å². The van der Waals surface area contributed by atoms with Crippen LogP contribution in [0.1, 0.15) is 23.2 Å².